The van der Waals surface area contributed by atoms with Crippen molar-refractivity contribution < 1.29 is 14.3 Å². The molecule has 0 spiro atoms. The Morgan fingerprint density at radius 3 is 2.40 bits per heavy atom. The average molecular weight is 345 g/mol. The number of hydrogen-bond acceptors (Lipinski definition) is 3. The van der Waals surface area contributed by atoms with Gasteiger partial charge in [-0.1, -0.05) is 12.1 Å². The second kappa shape index (κ2) is 7.53. The Labute approximate surface area is 147 Å². The van der Waals surface area contributed by atoms with E-state index >= 15 is 0 Å². The highest BCUT2D eigenvalue weighted by Gasteiger charge is 2.23. The number of nitrogens with zero attached hydrogens (tertiary/aromatic N) is 1. The number of aliphatic hydroxyl groups is 1. The molecule has 0 heterocycles. The van der Waals surface area contributed by atoms with E-state index in [2.05, 4.69) is 10.6 Å². The quantitative estimate of drug-likeness (QED) is 0.779. The summed E-state index contributed by atoms with van der Waals surface area (Å²) in [7, 11) is 3.92. The Kier molecular flexibility index (Phi) is 5.64. The number of carbonyl (C=O) groups excluding carboxylic acids is 1. The molecule has 0 aliphatic rings. The Hall–Kier alpha value is -2.60. The minimum atomic E-state index is -1.30. The Morgan fingerprint density at radius 2 is 1.84 bits per heavy atom. The lowest BCUT2D eigenvalue weighted by Gasteiger charge is -2.24. The standard InChI is InChI=1S/C19H24FN3O2/c1-13-11-16(9-10-17(13)23(3)4)22-18(24)21-12-19(2,25)14-5-7-15(20)8-6-14/h5-11,25H,12H2,1-4H3,(H2,21,22,24). The van der Waals surface area contributed by atoms with Gasteiger partial charge in [-0.2, -0.15) is 0 Å². The number of urea groups is 1. The zero-order valence-electron chi connectivity index (χ0n) is 14.9. The molecule has 0 bridgehead atoms. The van der Waals surface area contributed by atoms with Gasteiger partial charge in [-0.25, -0.2) is 9.18 Å². The largest absolute Gasteiger partial charge is 0.384 e. The van der Waals surface area contributed by atoms with Gasteiger partial charge in [0.05, 0.1) is 6.54 Å². The number of benzene rings is 2. The zero-order chi connectivity index (χ0) is 18.6. The van der Waals surface area contributed by atoms with Crippen LogP contribution in [0, 0.1) is 12.7 Å². The first-order chi connectivity index (χ1) is 11.7. The fourth-order valence-corrected chi connectivity index (χ4v) is 2.57. The molecule has 6 heteroatoms. The lowest BCUT2D eigenvalue weighted by atomic mass is 9.96. The van der Waals surface area contributed by atoms with E-state index in [4.69, 9.17) is 0 Å². The third kappa shape index (κ3) is 4.93. The van der Waals surface area contributed by atoms with Gasteiger partial charge < -0.3 is 20.6 Å². The third-order valence-corrected chi connectivity index (χ3v) is 4.00. The van der Waals surface area contributed by atoms with E-state index in [1.54, 1.807) is 6.92 Å². The number of nitrogens with one attached hydrogen (secondary N) is 2. The first kappa shape index (κ1) is 18.7. The van der Waals surface area contributed by atoms with Gasteiger partial charge in [-0.15, -0.1) is 0 Å². The summed E-state index contributed by atoms with van der Waals surface area (Å²) in [5.74, 6) is -0.373. The van der Waals surface area contributed by atoms with Crippen LogP contribution in [0.1, 0.15) is 18.1 Å². The van der Waals surface area contributed by atoms with E-state index in [1.807, 2.05) is 44.1 Å². The van der Waals surface area contributed by atoms with Gasteiger partial charge in [-0.3, -0.25) is 0 Å². The number of carbonyl (C=O) groups is 1. The second-order valence-electron chi connectivity index (χ2n) is 6.48. The molecule has 0 aliphatic carbocycles. The zero-order valence-corrected chi connectivity index (χ0v) is 14.9. The van der Waals surface area contributed by atoms with Gasteiger partial charge in [-0.05, 0) is 55.3 Å². The van der Waals surface area contributed by atoms with Crippen LogP contribution in [0.25, 0.3) is 0 Å². The number of amides is 2. The van der Waals surface area contributed by atoms with Crippen molar-refractivity contribution in [2.45, 2.75) is 19.4 Å². The Balaban J connectivity index is 1.96. The summed E-state index contributed by atoms with van der Waals surface area (Å²) in [6, 6.07) is 10.8. The predicted octanol–water partition coefficient (Wildman–Crippen LogP) is 3.23. The van der Waals surface area contributed by atoms with Crippen molar-refractivity contribution in [3.05, 3.63) is 59.4 Å². The molecule has 2 rings (SSSR count). The van der Waals surface area contributed by atoms with Crippen LogP contribution < -0.4 is 15.5 Å². The molecule has 0 radical (unpaired) electrons. The molecular formula is C19H24FN3O2. The normalized spacial score (nSPS) is 13.0. The monoisotopic (exact) mass is 345 g/mol. The Morgan fingerprint density at radius 1 is 1.20 bits per heavy atom. The maximum Gasteiger partial charge on any atom is 0.319 e. The van der Waals surface area contributed by atoms with Crippen molar-refractivity contribution in [3.8, 4) is 0 Å². The molecule has 0 fully saturated rings. The second-order valence-corrected chi connectivity index (χ2v) is 6.48. The average Bonchev–Trinajstić information content (AvgIpc) is 2.53. The van der Waals surface area contributed by atoms with Gasteiger partial charge in [0.1, 0.15) is 11.4 Å². The molecule has 0 aliphatic heterocycles. The molecule has 1 unspecified atom stereocenters. The van der Waals surface area contributed by atoms with Crippen molar-refractivity contribution in [3.63, 3.8) is 0 Å². The summed E-state index contributed by atoms with van der Waals surface area (Å²) >= 11 is 0. The van der Waals surface area contributed by atoms with Crippen LogP contribution in [0.3, 0.4) is 0 Å². The molecule has 0 saturated carbocycles. The van der Waals surface area contributed by atoms with Gasteiger partial charge >= 0.3 is 6.03 Å². The summed E-state index contributed by atoms with van der Waals surface area (Å²) in [6.07, 6.45) is 0. The SMILES string of the molecule is Cc1cc(NC(=O)NCC(C)(O)c2ccc(F)cc2)ccc1N(C)C. The fraction of sp³-hybridized carbons (Fsp3) is 0.316. The molecule has 5 nitrogen and oxygen atoms in total. The molecule has 0 aromatic heterocycles. The van der Waals surface area contributed by atoms with Crippen LogP contribution in [0.4, 0.5) is 20.6 Å². The number of anilines is 2. The van der Waals surface area contributed by atoms with Crippen molar-refractivity contribution in [1.82, 2.24) is 5.32 Å². The summed E-state index contributed by atoms with van der Waals surface area (Å²) in [6.45, 7) is 3.54. The third-order valence-electron chi connectivity index (χ3n) is 4.00. The van der Waals surface area contributed by atoms with E-state index in [9.17, 15) is 14.3 Å². The summed E-state index contributed by atoms with van der Waals surface area (Å²) in [4.78, 5) is 14.1. The van der Waals surface area contributed by atoms with Crippen LogP contribution in [0.2, 0.25) is 0 Å². The lowest BCUT2D eigenvalue weighted by molar-refractivity contribution is 0.0599. The van der Waals surface area contributed by atoms with Crippen LogP contribution in [-0.4, -0.2) is 31.8 Å². The molecule has 0 saturated heterocycles. The maximum absolute atomic E-state index is 13.0. The van der Waals surface area contributed by atoms with E-state index in [0.29, 0.717) is 11.3 Å². The fourth-order valence-electron chi connectivity index (χ4n) is 2.57. The van der Waals surface area contributed by atoms with E-state index in [0.717, 1.165) is 11.3 Å². The number of rotatable bonds is 5. The van der Waals surface area contributed by atoms with E-state index < -0.39 is 11.6 Å². The lowest BCUT2D eigenvalue weighted by Crippen LogP contribution is -2.40. The van der Waals surface area contributed by atoms with Crippen molar-refractivity contribution >= 4 is 17.4 Å². The summed E-state index contributed by atoms with van der Waals surface area (Å²) < 4.78 is 13.0. The Bertz CT molecular complexity index is 743. The minimum Gasteiger partial charge on any atom is -0.384 e. The molecular weight excluding hydrogens is 321 g/mol. The molecule has 134 valence electrons. The highest BCUT2D eigenvalue weighted by molar-refractivity contribution is 5.89. The molecule has 1 atom stereocenters. The maximum atomic E-state index is 13.0. The van der Waals surface area contributed by atoms with E-state index in [-0.39, 0.29) is 12.4 Å². The summed E-state index contributed by atoms with van der Waals surface area (Å²) in [5, 5.41) is 15.8. The molecule has 2 amide bonds. The summed E-state index contributed by atoms with van der Waals surface area (Å²) in [5.41, 5.74) is 2.02. The highest BCUT2D eigenvalue weighted by Crippen LogP contribution is 2.22. The van der Waals surface area contributed by atoms with Crippen LogP contribution >= 0.6 is 0 Å². The molecule has 2 aromatic rings. The minimum absolute atomic E-state index is 0.000765. The topological polar surface area (TPSA) is 64.6 Å². The van der Waals surface area contributed by atoms with Crippen molar-refractivity contribution in [1.29, 1.82) is 0 Å². The van der Waals surface area contributed by atoms with Crippen LogP contribution in [0.5, 0.6) is 0 Å². The molecule has 25 heavy (non-hydrogen) atoms. The van der Waals surface area contributed by atoms with Gasteiger partial charge in [0.15, 0.2) is 0 Å². The van der Waals surface area contributed by atoms with Crippen LogP contribution in [0.15, 0.2) is 42.5 Å². The van der Waals surface area contributed by atoms with Crippen LogP contribution in [-0.2, 0) is 5.60 Å². The first-order valence-corrected chi connectivity index (χ1v) is 8.00. The van der Waals surface area contributed by atoms with Gasteiger partial charge in [0, 0.05) is 25.5 Å². The molecule has 2 aromatic carbocycles. The number of aryl methyl sites for hydroxylation is 1. The highest BCUT2D eigenvalue weighted by atomic mass is 19.1. The van der Waals surface area contributed by atoms with E-state index in [1.165, 1.54) is 24.3 Å². The molecule has 3 N–H and O–H groups in total. The first-order valence-electron chi connectivity index (χ1n) is 8.00. The predicted molar refractivity (Wildman–Crippen MR) is 98.5 cm³/mol. The van der Waals surface area contributed by atoms with Gasteiger partial charge in [0.2, 0.25) is 0 Å². The van der Waals surface area contributed by atoms with Crippen molar-refractivity contribution in [2.75, 3.05) is 30.9 Å². The van der Waals surface area contributed by atoms with Crippen molar-refractivity contribution in [2.24, 2.45) is 0 Å². The van der Waals surface area contributed by atoms with Gasteiger partial charge in [0.25, 0.3) is 0 Å². The number of hydrogen-bond donors (Lipinski definition) is 3. The smallest absolute Gasteiger partial charge is 0.319 e. The number of halogens is 1.